The van der Waals surface area contributed by atoms with E-state index in [0.29, 0.717) is 11.3 Å². The summed E-state index contributed by atoms with van der Waals surface area (Å²) in [5.74, 6) is 0.135. The van der Waals surface area contributed by atoms with Gasteiger partial charge in [-0.2, -0.15) is 0 Å². The summed E-state index contributed by atoms with van der Waals surface area (Å²) in [7, 11) is 0. The van der Waals surface area contributed by atoms with Crippen molar-refractivity contribution in [3.63, 3.8) is 0 Å². The van der Waals surface area contributed by atoms with E-state index in [1.165, 1.54) is 0 Å². The van der Waals surface area contributed by atoms with Crippen molar-refractivity contribution in [2.75, 3.05) is 5.73 Å². The number of nitrogens with zero attached hydrogens (tertiary/aromatic N) is 2. The summed E-state index contributed by atoms with van der Waals surface area (Å²) in [6.45, 7) is 6.97. The molecule has 0 spiro atoms. The van der Waals surface area contributed by atoms with E-state index in [1.807, 2.05) is 92.7 Å². The van der Waals surface area contributed by atoms with Crippen LogP contribution in [0.3, 0.4) is 0 Å². The highest BCUT2D eigenvalue weighted by Gasteiger charge is 2.10. The molecule has 2 N–H and O–H groups in total. The molecule has 1 aromatic heterocycles. The molecule has 220 valence electrons. The van der Waals surface area contributed by atoms with Gasteiger partial charge >= 0.3 is 0 Å². The van der Waals surface area contributed by atoms with Crippen LogP contribution in [0.15, 0.2) is 120 Å². The number of benzene rings is 5. The monoisotopic (exact) mass is 579 g/mol. The first-order valence-corrected chi connectivity index (χ1v) is 14.1. The molecular weight excluding hydrogens is 542 g/mol. The number of Topliss-reactive ketones (excluding diaryl/α,β-unsaturated/α-hetero) is 2. The molecule has 0 bridgehead atoms. The predicted molar refractivity (Wildman–Crippen MR) is 185 cm³/mol. The number of carbonyl (C=O) groups is 2. The van der Waals surface area contributed by atoms with Gasteiger partial charge in [-0.05, 0) is 80.4 Å². The summed E-state index contributed by atoms with van der Waals surface area (Å²) in [4.78, 5) is 32.5. The second-order valence-corrected chi connectivity index (χ2v) is 10.6. The van der Waals surface area contributed by atoms with Gasteiger partial charge in [0, 0.05) is 39.0 Å². The quantitative estimate of drug-likeness (QED) is 0.125. The van der Waals surface area contributed by atoms with Crippen molar-refractivity contribution in [2.24, 2.45) is 4.99 Å². The van der Waals surface area contributed by atoms with Gasteiger partial charge in [-0.25, -0.2) is 4.99 Å². The van der Waals surface area contributed by atoms with E-state index in [-0.39, 0.29) is 19.0 Å². The van der Waals surface area contributed by atoms with Crippen LogP contribution < -0.4 is 5.73 Å². The van der Waals surface area contributed by atoms with Crippen LogP contribution >= 0.6 is 0 Å². The van der Waals surface area contributed by atoms with Crippen LogP contribution in [0.1, 0.15) is 64.4 Å². The van der Waals surface area contributed by atoms with Gasteiger partial charge in [0.15, 0.2) is 11.6 Å². The number of anilines is 1. The van der Waals surface area contributed by atoms with Crippen molar-refractivity contribution in [1.82, 2.24) is 4.98 Å². The lowest BCUT2D eigenvalue weighted by molar-refractivity contribution is 0.100. The van der Waals surface area contributed by atoms with Gasteiger partial charge in [0.1, 0.15) is 0 Å². The van der Waals surface area contributed by atoms with Crippen LogP contribution in [0.25, 0.3) is 21.7 Å². The van der Waals surface area contributed by atoms with Gasteiger partial charge in [0.25, 0.3) is 0 Å². The Balaban J connectivity index is 0.000000234. The van der Waals surface area contributed by atoms with E-state index in [9.17, 15) is 9.59 Å². The molecule has 0 aliphatic carbocycles. The Morgan fingerprint density at radius 1 is 0.636 bits per heavy atom. The minimum atomic E-state index is 0. The molecule has 0 fully saturated rings. The van der Waals surface area contributed by atoms with Gasteiger partial charge in [0.2, 0.25) is 0 Å². The highest BCUT2D eigenvalue weighted by atomic mass is 16.1. The second kappa shape index (κ2) is 13.7. The highest BCUT2D eigenvalue weighted by molar-refractivity contribution is 6.14. The number of nitrogens with two attached hydrogens (primary N) is 1. The molecule has 0 aliphatic heterocycles. The number of ketones is 2. The van der Waals surface area contributed by atoms with Crippen LogP contribution in [0.4, 0.5) is 11.4 Å². The lowest BCUT2D eigenvalue weighted by atomic mass is 9.99. The minimum absolute atomic E-state index is 0. The van der Waals surface area contributed by atoms with E-state index >= 15 is 0 Å². The summed E-state index contributed by atoms with van der Waals surface area (Å²) in [6.07, 6.45) is 0. The van der Waals surface area contributed by atoms with Crippen LogP contribution in [0.5, 0.6) is 0 Å². The first kappa shape index (κ1) is 31.5. The fourth-order valence-corrected chi connectivity index (χ4v) is 5.10. The van der Waals surface area contributed by atoms with Crippen molar-refractivity contribution < 1.29 is 9.59 Å². The SMILES string of the molecule is C.CC(=O)c1cc2ccc(N)cc2nc1C.CC(=O)c1cc2ccc(N=C(c3ccccc3)c3ccccc3)cc2cc1C. The van der Waals surface area contributed by atoms with E-state index in [0.717, 1.165) is 61.0 Å². The third kappa shape index (κ3) is 7.13. The lowest BCUT2D eigenvalue weighted by Gasteiger charge is -2.09. The molecule has 6 aromatic rings. The Bertz CT molecular complexity index is 1950. The topological polar surface area (TPSA) is 85.4 Å². The Morgan fingerprint density at radius 2 is 1.20 bits per heavy atom. The van der Waals surface area contributed by atoms with Crippen molar-refractivity contribution in [1.29, 1.82) is 0 Å². The zero-order chi connectivity index (χ0) is 30.5. The maximum atomic E-state index is 11.8. The number of hydrogen-bond acceptors (Lipinski definition) is 5. The number of aliphatic imine (C=N–C) groups is 1. The largest absolute Gasteiger partial charge is 0.399 e. The van der Waals surface area contributed by atoms with Crippen molar-refractivity contribution in [2.45, 2.75) is 35.1 Å². The molecule has 0 saturated heterocycles. The Morgan fingerprint density at radius 3 is 1.80 bits per heavy atom. The zero-order valence-corrected chi connectivity index (χ0v) is 24.8. The molecule has 5 heteroatoms. The third-order valence-electron chi connectivity index (χ3n) is 7.29. The molecule has 0 unspecified atom stereocenters. The summed E-state index contributed by atoms with van der Waals surface area (Å²) in [5.41, 5.74) is 14.4. The van der Waals surface area contributed by atoms with Crippen LogP contribution in [-0.2, 0) is 0 Å². The van der Waals surface area contributed by atoms with E-state index in [4.69, 9.17) is 10.7 Å². The fourth-order valence-electron chi connectivity index (χ4n) is 5.10. The normalized spacial score (nSPS) is 10.4. The highest BCUT2D eigenvalue weighted by Crippen LogP contribution is 2.26. The molecule has 1 heterocycles. The van der Waals surface area contributed by atoms with Crippen LogP contribution in [0.2, 0.25) is 0 Å². The van der Waals surface area contributed by atoms with Gasteiger partial charge in [-0.1, -0.05) is 86.3 Å². The molecule has 0 radical (unpaired) electrons. The van der Waals surface area contributed by atoms with Gasteiger partial charge < -0.3 is 5.73 Å². The number of aryl methyl sites for hydroxylation is 2. The smallest absolute Gasteiger partial charge is 0.161 e. The van der Waals surface area contributed by atoms with Gasteiger partial charge in [0.05, 0.1) is 16.9 Å². The summed E-state index contributed by atoms with van der Waals surface area (Å²) in [5, 5.41) is 3.08. The second-order valence-electron chi connectivity index (χ2n) is 10.6. The predicted octanol–water partition coefficient (Wildman–Crippen LogP) is 9.48. The molecular formula is C39H37N3O2. The van der Waals surface area contributed by atoms with Crippen molar-refractivity contribution in [3.8, 4) is 0 Å². The third-order valence-corrected chi connectivity index (χ3v) is 7.29. The summed E-state index contributed by atoms with van der Waals surface area (Å²) in [6, 6.07) is 38.0. The Labute approximate surface area is 259 Å². The molecule has 0 amide bonds. The number of hydrogen-bond donors (Lipinski definition) is 1. The number of nitrogen functional groups attached to an aromatic ring is 1. The van der Waals surface area contributed by atoms with Gasteiger partial charge in [-0.3, -0.25) is 14.6 Å². The number of pyridine rings is 1. The average molecular weight is 580 g/mol. The van der Waals surface area contributed by atoms with Gasteiger partial charge in [-0.15, -0.1) is 0 Å². The van der Waals surface area contributed by atoms with Crippen molar-refractivity contribution in [3.05, 3.63) is 149 Å². The van der Waals surface area contributed by atoms with Crippen LogP contribution in [-0.4, -0.2) is 22.3 Å². The number of aromatic nitrogens is 1. The van der Waals surface area contributed by atoms with E-state index in [1.54, 1.807) is 13.8 Å². The van der Waals surface area contributed by atoms with E-state index in [2.05, 4.69) is 41.4 Å². The summed E-state index contributed by atoms with van der Waals surface area (Å²) < 4.78 is 0. The molecule has 0 aliphatic rings. The first-order chi connectivity index (χ1) is 20.7. The maximum Gasteiger partial charge on any atom is 0.161 e. The van der Waals surface area contributed by atoms with Crippen LogP contribution in [0, 0.1) is 13.8 Å². The van der Waals surface area contributed by atoms with E-state index < -0.39 is 0 Å². The minimum Gasteiger partial charge on any atom is -0.399 e. The maximum absolute atomic E-state index is 11.8. The number of rotatable bonds is 5. The average Bonchev–Trinajstić information content (AvgIpc) is 3.00. The molecule has 44 heavy (non-hydrogen) atoms. The molecule has 6 rings (SSSR count). The number of fused-ring (bicyclic) bond motifs is 2. The molecule has 0 saturated carbocycles. The Hall–Kier alpha value is -5.42. The molecule has 0 atom stereocenters. The standard InChI is InChI=1S/C26H21NO.C12H12N2O.CH4/c1-18-15-23-16-24(14-13-22(23)17-25(18)19(2)28)27-26(20-9-5-3-6-10-20)21-11-7-4-8-12-21;1-7-11(8(2)15)5-9-3-4-10(13)6-12(9)14-7;/h3-17H,1-2H3;3-6H,13H2,1-2H3;1H4. The number of carbonyl (C=O) groups excluding carboxylic acids is 2. The first-order valence-electron chi connectivity index (χ1n) is 14.1. The fraction of sp³-hybridized carbons (Fsp3) is 0.128. The molecule has 5 aromatic carbocycles. The molecule has 5 nitrogen and oxygen atoms in total. The summed E-state index contributed by atoms with van der Waals surface area (Å²) >= 11 is 0. The van der Waals surface area contributed by atoms with Crippen molar-refractivity contribution >= 4 is 50.3 Å². The Kier molecular flexibility index (Phi) is 9.81. The lowest BCUT2D eigenvalue weighted by Crippen LogP contribution is -2.02. The zero-order valence-electron chi connectivity index (χ0n) is 24.8.